The molecule has 6 unspecified atom stereocenters. The molecule has 4 saturated carbocycles. The van der Waals surface area contributed by atoms with Gasteiger partial charge >= 0.3 is 0 Å². The SMILES string of the molecule is CC(C)C1CCCC(NC2C3C4CCC(C4)C23)CC1. The van der Waals surface area contributed by atoms with Crippen LogP contribution in [0.25, 0.3) is 0 Å². The van der Waals surface area contributed by atoms with E-state index in [9.17, 15) is 0 Å². The van der Waals surface area contributed by atoms with E-state index in [1.807, 2.05) is 0 Å². The zero-order valence-corrected chi connectivity index (χ0v) is 12.8. The Balaban J connectivity index is 1.30. The van der Waals surface area contributed by atoms with Crippen molar-refractivity contribution in [2.24, 2.45) is 35.5 Å². The van der Waals surface area contributed by atoms with Gasteiger partial charge in [-0.1, -0.05) is 26.7 Å². The fraction of sp³-hybridized carbons (Fsp3) is 1.00. The highest BCUT2D eigenvalue weighted by Crippen LogP contribution is 2.65. The van der Waals surface area contributed by atoms with Gasteiger partial charge in [0.2, 0.25) is 0 Å². The standard InChI is InChI=1S/C18H31N/c1-11(2)12-4-3-5-15(9-8-12)19-18-16-13-6-7-14(10-13)17(16)18/h11-19H,3-10H2,1-2H3. The third-order valence-electron chi connectivity index (χ3n) is 7.12. The zero-order valence-electron chi connectivity index (χ0n) is 12.8. The van der Waals surface area contributed by atoms with Gasteiger partial charge in [-0.3, -0.25) is 0 Å². The second-order valence-corrected chi connectivity index (χ2v) is 8.39. The summed E-state index contributed by atoms with van der Waals surface area (Å²) in [4.78, 5) is 0. The van der Waals surface area contributed by atoms with Crippen molar-refractivity contribution >= 4 is 0 Å². The van der Waals surface area contributed by atoms with Crippen LogP contribution in [0.15, 0.2) is 0 Å². The van der Waals surface area contributed by atoms with E-state index < -0.39 is 0 Å². The van der Waals surface area contributed by atoms with Crippen LogP contribution < -0.4 is 5.32 Å². The summed E-state index contributed by atoms with van der Waals surface area (Å²) in [5.41, 5.74) is 0. The van der Waals surface area contributed by atoms with Crippen LogP contribution in [0.2, 0.25) is 0 Å². The molecule has 1 N–H and O–H groups in total. The van der Waals surface area contributed by atoms with Gasteiger partial charge in [0, 0.05) is 12.1 Å². The summed E-state index contributed by atoms with van der Waals surface area (Å²) in [5.74, 6) is 6.38. The van der Waals surface area contributed by atoms with E-state index >= 15 is 0 Å². The molecule has 4 rings (SSSR count). The van der Waals surface area contributed by atoms with Gasteiger partial charge in [-0.05, 0) is 74.0 Å². The summed E-state index contributed by atoms with van der Waals surface area (Å²) < 4.78 is 0. The first-order chi connectivity index (χ1) is 9.24. The molecule has 4 aliphatic carbocycles. The van der Waals surface area contributed by atoms with Gasteiger partial charge in [0.05, 0.1) is 0 Å². The molecule has 0 aliphatic heterocycles. The minimum Gasteiger partial charge on any atom is -0.311 e. The van der Waals surface area contributed by atoms with Crippen molar-refractivity contribution in [2.45, 2.75) is 77.3 Å². The highest BCUT2D eigenvalue weighted by Gasteiger charge is 2.64. The Labute approximate surface area is 118 Å². The molecule has 0 saturated heterocycles. The monoisotopic (exact) mass is 261 g/mol. The summed E-state index contributed by atoms with van der Waals surface area (Å²) in [5, 5.41) is 4.10. The Kier molecular flexibility index (Phi) is 3.17. The molecule has 108 valence electrons. The first kappa shape index (κ1) is 12.7. The van der Waals surface area contributed by atoms with Crippen LogP contribution in [-0.4, -0.2) is 12.1 Å². The van der Waals surface area contributed by atoms with Crippen LogP contribution >= 0.6 is 0 Å². The number of nitrogens with one attached hydrogen (secondary N) is 1. The van der Waals surface area contributed by atoms with E-state index in [4.69, 9.17) is 0 Å². The lowest BCUT2D eigenvalue weighted by Crippen LogP contribution is -2.33. The van der Waals surface area contributed by atoms with Crippen LogP contribution in [-0.2, 0) is 0 Å². The van der Waals surface area contributed by atoms with E-state index in [-0.39, 0.29) is 0 Å². The lowest BCUT2D eigenvalue weighted by molar-refractivity contribution is 0.334. The average molecular weight is 261 g/mol. The molecule has 0 radical (unpaired) electrons. The summed E-state index contributed by atoms with van der Waals surface area (Å²) >= 11 is 0. The molecular weight excluding hydrogens is 230 g/mol. The maximum absolute atomic E-state index is 4.10. The van der Waals surface area contributed by atoms with E-state index in [0.29, 0.717) is 0 Å². The molecule has 0 aromatic heterocycles. The number of rotatable bonds is 3. The molecule has 4 fully saturated rings. The van der Waals surface area contributed by atoms with Crippen molar-refractivity contribution in [1.29, 1.82) is 0 Å². The molecule has 0 heterocycles. The predicted octanol–water partition coefficient (Wildman–Crippen LogP) is 4.23. The minimum absolute atomic E-state index is 0.860. The summed E-state index contributed by atoms with van der Waals surface area (Å²) in [6.07, 6.45) is 12.0. The van der Waals surface area contributed by atoms with Crippen molar-refractivity contribution < 1.29 is 0 Å². The van der Waals surface area contributed by atoms with Crippen LogP contribution in [0, 0.1) is 35.5 Å². The average Bonchev–Trinajstić information content (AvgIpc) is 2.86. The van der Waals surface area contributed by atoms with Crippen LogP contribution in [0.4, 0.5) is 0 Å². The van der Waals surface area contributed by atoms with Gasteiger partial charge in [-0.15, -0.1) is 0 Å². The predicted molar refractivity (Wildman–Crippen MR) is 79.9 cm³/mol. The topological polar surface area (TPSA) is 12.0 Å². The van der Waals surface area contributed by atoms with Crippen molar-refractivity contribution in [3.8, 4) is 0 Å². The van der Waals surface area contributed by atoms with Crippen LogP contribution in [0.3, 0.4) is 0 Å². The van der Waals surface area contributed by atoms with Gasteiger partial charge in [-0.25, -0.2) is 0 Å². The molecule has 2 bridgehead atoms. The fourth-order valence-corrected chi connectivity index (χ4v) is 5.98. The van der Waals surface area contributed by atoms with Crippen LogP contribution in [0.1, 0.15) is 65.2 Å². The van der Waals surface area contributed by atoms with Gasteiger partial charge < -0.3 is 5.32 Å². The number of hydrogen-bond acceptors (Lipinski definition) is 1. The lowest BCUT2D eigenvalue weighted by atomic mass is 9.89. The van der Waals surface area contributed by atoms with Crippen LogP contribution in [0.5, 0.6) is 0 Å². The summed E-state index contributed by atoms with van der Waals surface area (Å²) in [6, 6.07) is 1.81. The van der Waals surface area contributed by atoms with Crippen molar-refractivity contribution in [1.82, 2.24) is 5.32 Å². The van der Waals surface area contributed by atoms with E-state index in [1.54, 1.807) is 19.3 Å². The van der Waals surface area contributed by atoms with E-state index in [2.05, 4.69) is 19.2 Å². The molecule has 0 amide bonds. The second kappa shape index (κ2) is 4.76. The van der Waals surface area contributed by atoms with E-state index in [1.165, 1.54) is 32.1 Å². The van der Waals surface area contributed by atoms with Gasteiger partial charge in [0.15, 0.2) is 0 Å². The Morgan fingerprint density at radius 2 is 1.58 bits per heavy atom. The Morgan fingerprint density at radius 3 is 2.26 bits per heavy atom. The highest BCUT2D eigenvalue weighted by atomic mass is 15.0. The first-order valence-corrected chi connectivity index (χ1v) is 9.00. The molecule has 0 aromatic rings. The molecule has 0 spiro atoms. The highest BCUT2D eigenvalue weighted by molar-refractivity contribution is 5.17. The van der Waals surface area contributed by atoms with Crippen molar-refractivity contribution in [2.75, 3.05) is 0 Å². The quantitative estimate of drug-likeness (QED) is 0.750. The van der Waals surface area contributed by atoms with Crippen molar-refractivity contribution in [3.05, 3.63) is 0 Å². The molecule has 1 nitrogen and oxygen atoms in total. The zero-order chi connectivity index (χ0) is 13.0. The maximum Gasteiger partial charge on any atom is 0.0138 e. The molecule has 4 aliphatic rings. The molecule has 0 aromatic carbocycles. The Morgan fingerprint density at radius 1 is 0.842 bits per heavy atom. The number of hydrogen-bond donors (Lipinski definition) is 1. The van der Waals surface area contributed by atoms with Gasteiger partial charge in [0.25, 0.3) is 0 Å². The summed E-state index contributed by atoms with van der Waals surface area (Å²) in [6.45, 7) is 4.84. The molecule has 1 heteroatoms. The van der Waals surface area contributed by atoms with E-state index in [0.717, 1.165) is 47.6 Å². The fourth-order valence-electron chi connectivity index (χ4n) is 5.98. The minimum atomic E-state index is 0.860. The largest absolute Gasteiger partial charge is 0.311 e. The third kappa shape index (κ3) is 2.17. The lowest BCUT2D eigenvalue weighted by Gasteiger charge is -2.20. The third-order valence-corrected chi connectivity index (χ3v) is 7.12. The van der Waals surface area contributed by atoms with Gasteiger partial charge in [0.1, 0.15) is 0 Å². The summed E-state index contributed by atoms with van der Waals surface area (Å²) in [7, 11) is 0. The maximum atomic E-state index is 4.10. The van der Waals surface area contributed by atoms with Crippen molar-refractivity contribution in [3.63, 3.8) is 0 Å². The second-order valence-electron chi connectivity index (χ2n) is 8.39. The van der Waals surface area contributed by atoms with Gasteiger partial charge in [-0.2, -0.15) is 0 Å². The Hall–Kier alpha value is -0.0400. The molecular formula is C18H31N. The Bertz CT molecular complexity index is 321. The number of fused-ring (bicyclic) bond motifs is 5. The normalized spacial score (nSPS) is 52.3. The first-order valence-electron chi connectivity index (χ1n) is 9.00. The molecule has 19 heavy (non-hydrogen) atoms. The molecule has 6 atom stereocenters. The smallest absolute Gasteiger partial charge is 0.0138 e.